The highest BCUT2D eigenvalue weighted by Crippen LogP contribution is 2.22. The molecule has 1 fully saturated rings. The number of hydrogen-bond donors (Lipinski definition) is 2. The van der Waals surface area contributed by atoms with Crippen molar-refractivity contribution in [3.63, 3.8) is 0 Å². The summed E-state index contributed by atoms with van der Waals surface area (Å²) < 4.78 is 32.6. The lowest BCUT2D eigenvalue weighted by molar-refractivity contribution is 0.184. The summed E-state index contributed by atoms with van der Waals surface area (Å²) in [7, 11) is -3.50. The van der Waals surface area contributed by atoms with E-state index in [1.165, 1.54) is 6.07 Å². The van der Waals surface area contributed by atoms with Crippen molar-refractivity contribution in [2.24, 2.45) is 5.92 Å². The summed E-state index contributed by atoms with van der Waals surface area (Å²) in [6.07, 6.45) is 1.82. The molecule has 1 atom stereocenters. The maximum atomic E-state index is 12.3. The van der Waals surface area contributed by atoms with Crippen LogP contribution in [-0.2, 0) is 14.8 Å². The number of aryl methyl sites for hydroxylation is 1. The third-order valence-electron chi connectivity index (χ3n) is 3.80. The number of ether oxygens (including phenoxy) is 1. The molecule has 0 saturated carbocycles. The first-order chi connectivity index (χ1) is 9.40. The minimum atomic E-state index is -3.50. The standard InChI is InChI=1S/C14H22N2O3S/c1-10-7-13(15)8-14(11(10)2)20(17,18)16-5-3-12-4-6-19-9-12/h7-8,12,16H,3-6,9,15H2,1-2H3. The van der Waals surface area contributed by atoms with Crippen LogP contribution in [0.15, 0.2) is 17.0 Å². The number of rotatable bonds is 5. The Kier molecular flexibility index (Phi) is 4.67. The fourth-order valence-electron chi connectivity index (χ4n) is 2.42. The van der Waals surface area contributed by atoms with Gasteiger partial charge in [-0.15, -0.1) is 0 Å². The Hall–Kier alpha value is -1.11. The molecule has 1 aliphatic rings. The third kappa shape index (κ3) is 3.50. The van der Waals surface area contributed by atoms with Gasteiger partial charge in [0.05, 0.1) is 4.90 Å². The van der Waals surface area contributed by atoms with E-state index in [4.69, 9.17) is 10.5 Å². The van der Waals surface area contributed by atoms with Gasteiger partial charge >= 0.3 is 0 Å². The van der Waals surface area contributed by atoms with E-state index >= 15 is 0 Å². The maximum Gasteiger partial charge on any atom is 0.240 e. The van der Waals surface area contributed by atoms with Crippen molar-refractivity contribution in [1.82, 2.24) is 4.72 Å². The van der Waals surface area contributed by atoms with Crippen LogP contribution >= 0.6 is 0 Å². The molecule has 1 unspecified atom stereocenters. The van der Waals surface area contributed by atoms with E-state index in [9.17, 15) is 8.42 Å². The van der Waals surface area contributed by atoms with Crippen LogP contribution in [0.5, 0.6) is 0 Å². The van der Waals surface area contributed by atoms with Crippen molar-refractivity contribution in [1.29, 1.82) is 0 Å². The quantitative estimate of drug-likeness (QED) is 0.809. The van der Waals surface area contributed by atoms with Crippen LogP contribution in [0.1, 0.15) is 24.0 Å². The first-order valence-corrected chi connectivity index (χ1v) is 8.32. The predicted molar refractivity (Wildman–Crippen MR) is 79.1 cm³/mol. The number of nitrogen functional groups attached to an aromatic ring is 1. The first-order valence-electron chi connectivity index (χ1n) is 6.84. The van der Waals surface area contributed by atoms with E-state index in [1.807, 2.05) is 6.92 Å². The molecular weight excluding hydrogens is 276 g/mol. The Morgan fingerprint density at radius 1 is 1.40 bits per heavy atom. The zero-order valence-corrected chi connectivity index (χ0v) is 12.8. The Balaban J connectivity index is 2.06. The number of nitrogens with one attached hydrogen (secondary N) is 1. The van der Waals surface area contributed by atoms with Crippen molar-refractivity contribution < 1.29 is 13.2 Å². The van der Waals surface area contributed by atoms with Gasteiger partial charge in [0.25, 0.3) is 0 Å². The molecule has 1 saturated heterocycles. The molecule has 6 heteroatoms. The third-order valence-corrected chi connectivity index (χ3v) is 5.39. The van der Waals surface area contributed by atoms with Crippen LogP contribution in [0.4, 0.5) is 5.69 Å². The highest BCUT2D eigenvalue weighted by atomic mass is 32.2. The van der Waals surface area contributed by atoms with Crippen molar-refractivity contribution in [2.75, 3.05) is 25.5 Å². The van der Waals surface area contributed by atoms with E-state index in [2.05, 4.69) is 4.72 Å². The normalized spacial score (nSPS) is 19.4. The van der Waals surface area contributed by atoms with Gasteiger partial charge in [-0.05, 0) is 55.9 Å². The van der Waals surface area contributed by atoms with Gasteiger partial charge in [-0.1, -0.05) is 0 Å². The van der Waals surface area contributed by atoms with Gasteiger partial charge in [0.1, 0.15) is 0 Å². The molecular formula is C14H22N2O3S. The summed E-state index contributed by atoms with van der Waals surface area (Å²) >= 11 is 0. The average molecular weight is 298 g/mol. The molecule has 2 rings (SSSR count). The second kappa shape index (κ2) is 6.11. The van der Waals surface area contributed by atoms with Crippen LogP contribution < -0.4 is 10.5 Å². The number of benzene rings is 1. The minimum Gasteiger partial charge on any atom is -0.399 e. The lowest BCUT2D eigenvalue weighted by atomic mass is 10.1. The first kappa shape index (κ1) is 15.3. The molecule has 1 heterocycles. The molecule has 0 radical (unpaired) electrons. The number of nitrogens with two attached hydrogens (primary N) is 1. The van der Waals surface area contributed by atoms with Crippen molar-refractivity contribution in [3.8, 4) is 0 Å². The lowest BCUT2D eigenvalue weighted by Crippen LogP contribution is -2.27. The number of sulfonamides is 1. The average Bonchev–Trinajstić information content (AvgIpc) is 2.86. The van der Waals surface area contributed by atoms with Crippen molar-refractivity contribution >= 4 is 15.7 Å². The Bertz CT molecular complexity index is 578. The molecule has 1 aromatic rings. The number of hydrogen-bond acceptors (Lipinski definition) is 4. The van der Waals surface area contributed by atoms with Crippen LogP contribution in [0, 0.1) is 19.8 Å². The molecule has 5 nitrogen and oxygen atoms in total. The summed E-state index contributed by atoms with van der Waals surface area (Å²) in [6.45, 7) is 5.61. The van der Waals surface area contributed by atoms with E-state index in [-0.39, 0.29) is 4.90 Å². The van der Waals surface area contributed by atoms with Crippen LogP contribution in [0.25, 0.3) is 0 Å². The topological polar surface area (TPSA) is 81.4 Å². The van der Waals surface area contributed by atoms with Gasteiger partial charge in [-0.2, -0.15) is 0 Å². The minimum absolute atomic E-state index is 0.276. The van der Waals surface area contributed by atoms with Gasteiger partial charge in [0, 0.05) is 25.4 Å². The zero-order chi connectivity index (χ0) is 14.8. The summed E-state index contributed by atoms with van der Waals surface area (Å²) in [6, 6.07) is 3.30. The predicted octanol–water partition coefficient (Wildman–Crippen LogP) is 1.59. The summed E-state index contributed by atoms with van der Waals surface area (Å²) in [5.74, 6) is 0.460. The van der Waals surface area contributed by atoms with E-state index in [0.717, 1.165) is 37.2 Å². The largest absolute Gasteiger partial charge is 0.399 e. The Labute approximate surface area is 120 Å². The fraction of sp³-hybridized carbons (Fsp3) is 0.571. The maximum absolute atomic E-state index is 12.3. The van der Waals surface area contributed by atoms with Crippen LogP contribution in [-0.4, -0.2) is 28.2 Å². The second-order valence-corrected chi connectivity index (χ2v) is 7.11. The molecule has 1 aromatic carbocycles. The van der Waals surface area contributed by atoms with Gasteiger partial charge in [0.15, 0.2) is 0 Å². The summed E-state index contributed by atoms with van der Waals surface area (Å²) in [5, 5.41) is 0. The lowest BCUT2D eigenvalue weighted by Gasteiger charge is -2.13. The van der Waals surface area contributed by atoms with Gasteiger partial charge in [-0.3, -0.25) is 0 Å². The Morgan fingerprint density at radius 3 is 2.80 bits per heavy atom. The van der Waals surface area contributed by atoms with Crippen LogP contribution in [0.3, 0.4) is 0 Å². The highest BCUT2D eigenvalue weighted by molar-refractivity contribution is 7.89. The highest BCUT2D eigenvalue weighted by Gasteiger charge is 2.20. The molecule has 0 amide bonds. The van der Waals surface area contributed by atoms with Gasteiger partial charge in [-0.25, -0.2) is 13.1 Å². The Morgan fingerprint density at radius 2 is 2.15 bits per heavy atom. The van der Waals surface area contributed by atoms with E-state index in [0.29, 0.717) is 18.2 Å². The molecule has 1 aliphatic heterocycles. The van der Waals surface area contributed by atoms with Crippen molar-refractivity contribution in [3.05, 3.63) is 23.3 Å². The molecule has 3 N–H and O–H groups in total. The molecule has 20 heavy (non-hydrogen) atoms. The molecule has 0 bridgehead atoms. The monoisotopic (exact) mass is 298 g/mol. The molecule has 0 spiro atoms. The molecule has 0 aliphatic carbocycles. The van der Waals surface area contributed by atoms with Gasteiger partial charge < -0.3 is 10.5 Å². The van der Waals surface area contributed by atoms with Crippen molar-refractivity contribution in [2.45, 2.75) is 31.6 Å². The van der Waals surface area contributed by atoms with Gasteiger partial charge in [0.2, 0.25) is 10.0 Å². The fourth-order valence-corrected chi connectivity index (χ4v) is 3.82. The van der Waals surface area contributed by atoms with E-state index in [1.54, 1.807) is 13.0 Å². The summed E-state index contributed by atoms with van der Waals surface area (Å²) in [5.41, 5.74) is 7.84. The zero-order valence-electron chi connectivity index (χ0n) is 12.0. The smallest absolute Gasteiger partial charge is 0.240 e. The second-order valence-electron chi connectivity index (χ2n) is 5.38. The molecule has 0 aromatic heterocycles. The SMILES string of the molecule is Cc1cc(N)cc(S(=O)(=O)NCCC2CCOC2)c1C. The number of anilines is 1. The molecule has 112 valence electrons. The van der Waals surface area contributed by atoms with Crippen LogP contribution in [0.2, 0.25) is 0 Å². The van der Waals surface area contributed by atoms with E-state index < -0.39 is 10.0 Å². The summed E-state index contributed by atoms with van der Waals surface area (Å²) in [4.78, 5) is 0.276.